The van der Waals surface area contributed by atoms with Gasteiger partial charge in [0, 0.05) is 0 Å². The predicted octanol–water partition coefficient (Wildman–Crippen LogP) is -1.09. The van der Waals surface area contributed by atoms with E-state index < -0.39 is 48.3 Å². The summed E-state index contributed by atoms with van der Waals surface area (Å²) in [6, 6.07) is -3.36. The average Bonchev–Trinajstić information content (AvgIpc) is 2.35. The molecule has 0 aromatic rings. The van der Waals surface area contributed by atoms with Crippen molar-refractivity contribution in [1.82, 2.24) is 10.6 Å². The van der Waals surface area contributed by atoms with Crippen LogP contribution in [0.3, 0.4) is 0 Å². The molecule has 2 amide bonds. The minimum atomic E-state index is -1.56. The van der Waals surface area contributed by atoms with Crippen LogP contribution in [0, 0.1) is 5.92 Å². The van der Waals surface area contributed by atoms with E-state index in [-0.39, 0.29) is 12.3 Å². The van der Waals surface area contributed by atoms with Gasteiger partial charge in [0.1, 0.15) is 12.1 Å². The third kappa shape index (κ3) is 7.58. The quantitative estimate of drug-likeness (QED) is 0.361. The van der Waals surface area contributed by atoms with Gasteiger partial charge in [-0.15, -0.1) is 0 Å². The van der Waals surface area contributed by atoms with Gasteiger partial charge in [-0.05, 0) is 19.3 Å². The van der Waals surface area contributed by atoms with E-state index in [4.69, 9.17) is 15.9 Å². The molecule has 0 bridgehead atoms. The van der Waals surface area contributed by atoms with E-state index in [1.807, 2.05) is 13.8 Å². The summed E-state index contributed by atoms with van der Waals surface area (Å²) in [5, 5.41) is 22.1. The van der Waals surface area contributed by atoms with Crippen molar-refractivity contribution < 1.29 is 29.4 Å². The van der Waals surface area contributed by atoms with Gasteiger partial charge in [-0.1, -0.05) is 13.8 Å². The molecule has 22 heavy (non-hydrogen) atoms. The first-order valence-electron chi connectivity index (χ1n) is 6.85. The number of carbonyl (C=O) groups excluding carboxylic acids is 2. The number of hydrogen-bond donors (Lipinski definition) is 5. The Balaban J connectivity index is 4.96. The van der Waals surface area contributed by atoms with Crippen molar-refractivity contribution in [3.63, 3.8) is 0 Å². The molecule has 0 heterocycles. The molecular weight excluding hydrogens is 294 g/mol. The number of carboxylic acid groups (broad SMARTS) is 2. The number of amides is 2. The number of rotatable bonds is 9. The summed E-state index contributed by atoms with van der Waals surface area (Å²) in [5.41, 5.74) is 5.41. The second-order valence-corrected chi connectivity index (χ2v) is 5.48. The Kier molecular flexibility index (Phi) is 8.10. The second kappa shape index (κ2) is 8.98. The Morgan fingerprint density at radius 3 is 1.82 bits per heavy atom. The number of nitrogens with one attached hydrogen (secondary N) is 2. The highest BCUT2D eigenvalue weighted by Gasteiger charge is 2.29. The monoisotopic (exact) mass is 317 g/mol. The Morgan fingerprint density at radius 2 is 1.45 bits per heavy atom. The highest BCUT2D eigenvalue weighted by molar-refractivity contribution is 5.92. The fraction of sp³-hybridized carbons (Fsp3) is 0.692. The third-order valence-corrected chi connectivity index (χ3v) is 2.75. The molecular formula is C13H23N3O6. The number of nitrogens with two attached hydrogens (primary N) is 1. The standard InChI is InChI=1S/C13H23N3O6/c1-6(2)4-8(15-11(19)7(3)14)12(20)16-9(13(21)22)5-10(17)18/h6-9H,4-5,14H2,1-3H3,(H,15,19)(H,16,20)(H,17,18)(H,21,22)/t7-,8-,9-/m0/s1. The lowest BCUT2D eigenvalue weighted by molar-refractivity contribution is -0.147. The summed E-state index contributed by atoms with van der Waals surface area (Å²) in [7, 11) is 0. The largest absolute Gasteiger partial charge is 0.481 e. The Hall–Kier alpha value is -2.16. The zero-order valence-corrected chi connectivity index (χ0v) is 12.8. The van der Waals surface area contributed by atoms with Gasteiger partial charge in [0.25, 0.3) is 0 Å². The minimum Gasteiger partial charge on any atom is -0.481 e. The average molecular weight is 317 g/mol. The van der Waals surface area contributed by atoms with Crippen LogP contribution in [0.4, 0.5) is 0 Å². The molecule has 0 saturated heterocycles. The minimum absolute atomic E-state index is 0.0480. The fourth-order valence-electron chi connectivity index (χ4n) is 1.65. The summed E-state index contributed by atoms with van der Waals surface area (Å²) in [4.78, 5) is 45.3. The first-order chi connectivity index (χ1) is 10.0. The molecule has 126 valence electrons. The number of aliphatic carboxylic acids is 2. The van der Waals surface area contributed by atoms with Crippen molar-refractivity contribution in [2.45, 2.75) is 51.7 Å². The van der Waals surface area contributed by atoms with Crippen molar-refractivity contribution >= 4 is 23.8 Å². The maximum absolute atomic E-state index is 12.1. The zero-order chi connectivity index (χ0) is 17.4. The summed E-state index contributed by atoms with van der Waals surface area (Å²) in [5.74, 6) is -4.07. The van der Waals surface area contributed by atoms with Crippen LogP contribution in [-0.4, -0.2) is 52.1 Å². The summed E-state index contributed by atoms with van der Waals surface area (Å²) >= 11 is 0. The Bertz CT molecular complexity index is 435. The molecule has 0 spiro atoms. The topological polar surface area (TPSA) is 159 Å². The maximum Gasteiger partial charge on any atom is 0.326 e. The van der Waals surface area contributed by atoms with Crippen LogP contribution < -0.4 is 16.4 Å². The molecule has 0 aliphatic carbocycles. The zero-order valence-electron chi connectivity index (χ0n) is 12.8. The molecule has 6 N–H and O–H groups in total. The van der Waals surface area contributed by atoms with Gasteiger partial charge in [-0.2, -0.15) is 0 Å². The van der Waals surface area contributed by atoms with Crippen molar-refractivity contribution in [2.24, 2.45) is 11.7 Å². The summed E-state index contributed by atoms with van der Waals surface area (Å²) in [6.45, 7) is 5.10. The van der Waals surface area contributed by atoms with Crippen molar-refractivity contribution in [3.8, 4) is 0 Å². The van der Waals surface area contributed by atoms with Crippen LogP contribution in [0.1, 0.15) is 33.6 Å². The van der Waals surface area contributed by atoms with Crippen molar-refractivity contribution in [2.75, 3.05) is 0 Å². The van der Waals surface area contributed by atoms with Crippen LogP contribution in [0.5, 0.6) is 0 Å². The predicted molar refractivity (Wildman–Crippen MR) is 76.9 cm³/mol. The molecule has 0 aromatic heterocycles. The van der Waals surface area contributed by atoms with Gasteiger partial charge in [-0.25, -0.2) is 4.79 Å². The molecule has 0 saturated carbocycles. The Labute approximate surface area is 128 Å². The molecule has 0 rings (SSSR count). The smallest absolute Gasteiger partial charge is 0.326 e. The molecule has 0 aliphatic rings. The molecule has 9 heteroatoms. The summed E-state index contributed by atoms with van der Waals surface area (Å²) < 4.78 is 0. The lowest BCUT2D eigenvalue weighted by atomic mass is 10.0. The molecule has 3 atom stereocenters. The van der Waals surface area contributed by atoms with Gasteiger partial charge in [0.05, 0.1) is 12.5 Å². The Morgan fingerprint density at radius 1 is 0.955 bits per heavy atom. The highest BCUT2D eigenvalue weighted by Crippen LogP contribution is 2.06. The number of carbonyl (C=O) groups is 4. The first-order valence-corrected chi connectivity index (χ1v) is 6.85. The van der Waals surface area contributed by atoms with E-state index in [1.165, 1.54) is 6.92 Å². The SMILES string of the molecule is CC(C)C[C@H](NC(=O)[C@H](C)N)C(=O)N[C@@H](CC(=O)O)C(=O)O. The maximum atomic E-state index is 12.1. The van der Waals surface area contributed by atoms with Gasteiger partial charge in [0.15, 0.2) is 0 Å². The van der Waals surface area contributed by atoms with E-state index in [0.29, 0.717) is 0 Å². The van der Waals surface area contributed by atoms with Crippen molar-refractivity contribution in [1.29, 1.82) is 0 Å². The van der Waals surface area contributed by atoms with Gasteiger partial charge in [-0.3, -0.25) is 14.4 Å². The van der Waals surface area contributed by atoms with Crippen LogP contribution in [0.15, 0.2) is 0 Å². The molecule has 0 aromatic carbocycles. The normalized spacial score (nSPS) is 14.8. The molecule has 0 radical (unpaired) electrons. The van der Waals surface area contributed by atoms with Gasteiger partial charge in [0.2, 0.25) is 11.8 Å². The molecule has 0 aliphatic heterocycles. The van der Waals surface area contributed by atoms with Crippen LogP contribution in [0.2, 0.25) is 0 Å². The van der Waals surface area contributed by atoms with Gasteiger partial charge < -0.3 is 26.6 Å². The number of carboxylic acids is 2. The first kappa shape index (κ1) is 19.8. The number of hydrogen-bond acceptors (Lipinski definition) is 5. The van der Waals surface area contributed by atoms with Crippen molar-refractivity contribution in [3.05, 3.63) is 0 Å². The second-order valence-electron chi connectivity index (χ2n) is 5.48. The summed E-state index contributed by atoms with van der Waals surface area (Å²) in [6.07, 6.45) is -0.486. The molecule has 0 unspecified atom stereocenters. The van der Waals surface area contributed by atoms with E-state index in [0.717, 1.165) is 0 Å². The van der Waals surface area contributed by atoms with E-state index in [1.54, 1.807) is 0 Å². The lowest BCUT2D eigenvalue weighted by Crippen LogP contribution is -2.54. The van der Waals surface area contributed by atoms with E-state index in [9.17, 15) is 19.2 Å². The van der Waals surface area contributed by atoms with E-state index in [2.05, 4.69) is 10.6 Å². The van der Waals surface area contributed by atoms with Crippen LogP contribution in [0.25, 0.3) is 0 Å². The lowest BCUT2D eigenvalue weighted by Gasteiger charge is -2.23. The van der Waals surface area contributed by atoms with E-state index >= 15 is 0 Å². The fourth-order valence-corrected chi connectivity index (χ4v) is 1.65. The molecule has 9 nitrogen and oxygen atoms in total. The van der Waals surface area contributed by atoms with Gasteiger partial charge >= 0.3 is 11.9 Å². The third-order valence-electron chi connectivity index (χ3n) is 2.75. The van der Waals surface area contributed by atoms with Crippen LogP contribution >= 0.6 is 0 Å². The molecule has 0 fully saturated rings. The van der Waals surface area contributed by atoms with Crippen LogP contribution in [-0.2, 0) is 19.2 Å². The highest BCUT2D eigenvalue weighted by atomic mass is 16.4.